The number of aliphatic hydroxyl groups excluding tert-OH is 1. The number of nitrogens with zero attached hydrogens (tertiary/aromatic N) is 2. The van der Waals surface area contributed by atoms with Crippen molar-refractivity contribution in [1.82, 2.24) is 5.32 Å². The van der Waals surface area contributed by atoms with Gasteiger partial charge in [-0.05, 0) is 49.1 Å². The Labute approximate surface area is 179 Å². The molecule has 4 rings (SSSR count). The molecule has 2 aliphatic heterocycles. The van der Waals surface area contributed by atoms with Crippen LogP contribution in [0.3, 0.4) is 0 Å². The van der Waals surface area contributed by atoms with E-state index in [1.165, 1.54) is 0 Å². The third-order valence-corrected chi connectivity index (χ3v) is 4.93. The third kappa shape index (κ3) is 5.16. The van der Waals surface area contributed by atoms with Crippen LogP contribution in [0.4, 0.5) is 0 Å². The second-order valence-electron chi connectivity index (χ2n) is 7.26. The second kappa shape index (κ2) is 9.53. The van der Waals surface area contributed by atoms with Crippen molar-refractivity contribution in [2.24, 2.45) is 9.98 Å². The fourth-order valence-electron chi connectivity index (χ4n) is 3.30. The summed E-state index contributed by atoms with van der Waals surface area (Å²) in [6.45, 7) is 1.41. The summed E-state index contributed by atoms with van der Waals surface area (Å²) in [6.07, 6.45) is 0.536. The molecule has 2 aromatic carbocycles. The summed E-state index contributed by atoms with van der Waals surface area (Å²) in [5, 5.41) is 12.9. The highest BCUT2D eigenvalue weighted by atomic mass is 16.5. The zero-order valence-corrected chi connectivity index (χ0v) is 16.9. The first-order chi connectivity index (χ1) is 15.1. The van der Waals surface area contributed by atoms with E-state index in [2.05, 4.69) is 15.3 Å². The van der Waals surface area contributed by atoms with Crippen molar-refractivity contribution in [2.45, 2.75) is 25.4 Å². The number of rotatable bonds is 0. The van der Waals surface area contributed by atoms with Gasteiger partial charge in [-0.25, -0.2) is 4.99 Å². The molecule has 2 heterocycles. The highest BCUT2D eigenvalue weighted by Gasteiger charge is 2.32. The largest absolute Gasteiger partial charge is 0.494 e. The number of ether oxygens (including phenoxy) is 2. The zero-order chi connectivity index (χ0) is 21.6. The lowest BCUT2D eigenvalue weighted by Gasteiger charge is -2.16. The topological polar surface area (TPSA) is 110 Å². The molecule has 2 N–H and O–H groups in total. The number of aliphatic hydroxyl groups is 1. The number of aliphatic imine (C=N–C) groups is 2. The van der Waals surface area contributed by atoms with E-state index in [0.717, 1.165) is 24.2 Å². The number of fused-ring (bicyclic) bond motifs is 6. The smallest absolute Gasteiger partial charge is 0.282 e. The summed E-state index contributed by atoms with van der Waals surface area (Å²) in [4.78, 5) is 32.8. The Morgan fingerprint density at radius 1 is 0.935 bits per heavy atom. The normalized spacial score (nSPS) is 20.0. The van der Waals surface area contributed by atoms with Gasteiger partial charge in [0.25, 0.3) is 11.8 Å². The Balaban J connectivity index is 1.60. The fraction of sp³-hybridized carbons (Fsp3) is 0.304. The van der Waals surface area contributed by atoms with Crippen LogP contribution in [-0.2, 0) is 16.0 Å². The molecule has 2 aliphatic rings. The lowest BCUT2D eigenvalue weighted by atomic mass is 10.1. The zero-order valence-electron chi connectivity index (χ0n) is 16.9. The Bertz CT molecular complexity index is 1050. The second-order valence-corrected chi connectivity index (χ2v) is 7.26. The average Bonchev–Trinajstić information content (AvgIpc) is 2.78. The van der Waals surface area contributed by atoms with Crippen molar-refractivity contribution in [2.75, 3.05) is 19.8 Å². The number of hydrogen-bond acceptors (Lipinski definition) is 6. The summed E-state index contributed by atoms with van der Waals surface area (Å²) in [5.74, 6) is 0.0218. The molecule has 0 aliphatic carbocycles. The van der Waals surface area contributed by atoms with E-state index in [0.29, 0.717) is 37.5 Å². The summed E-state index contributed by atoms with van der Waals surface area (Å²) >= 11 is 0. The molecular weight excluding hydrogens is 398 g/mol. The standard InChI is InChI=1S/C23H23N3O5/c27-20-19-22(28)24-10-9-15-5-3-7-17(13-15)30-11-1-2-12-31-18-8-4-6-16(14-18)21(25-19)26-23(20)29/h3-8,13-14,20,27H,1-2,9-12H2,(H,24,28). The molecule has 0 spiro atoms. The first-order valence-corrected chi connectivity index (χ1v) is 10.2. The third-order valence-electron chi connectivity index (χ3n) is 4.93. The van der Waals surface area contributed by atoms with Crippen LogP contribution in [0.25, 0.3) is 0 Å². The number of benzene rings is 2. The van der Waals surface area contributed by atoms with Crippen LogP contribution >= 0.6 is 0 Å². The van der Waals surface area contributed by atoms with Gasteiger partial charge in [0, 0.05) is 12.1 Å². The molecule has 2 amide bonds. The molecule has 0 saturated carbocycles. The van der Waals surface area contributed by atoms with Crippen molar-refractivity contribution in [1.29, 1.82) is 0 Å². The molecule has 0 fully saturated rings. The number of hydrogen-bond donors (Lipinski definition) is 2. The molecule has 8 nitrogen and oxygen atoms in total. The Morgan fingerprint density at radius 3 is 2.42 bits per heavy atom. The molecule has 1 unspecified atom stereocenters. The monoisotopic (exact) mass is 421 g/mol. The fourth-order valence-corrected chi connectivity index (χ4v) is 3.30. The molecule has 2 aromatic rings. The van der Waals surface area contributed by atoms with Crippen LogP contribution in [0.2, 0.25) is 0 Å². The van der Waals surface area contributed by atoms with Gasteiger partial charge in [0.15, 0.2) is 11.9 Å². The first-order valence-electron chi connectivity index (χ1n) is 10.2. The van der Waals surface area contributed by atoms with E-state index >= 15 is 0 Å². The van der Waals surface area contributed by atoms with Gasteiger partial charge in [0.05, 0.1) is 13.2 Å². The van der Waals surface area contributed by atoms with Crippen molar-refractivity contribution < 1.29 is 24.2 Å². The van der Waals surface area contributed by atoms with Gasteiger partial charge in [0.2, 0.25) is 0 Å². The van der Waals surface area contributed by atoms with E-state index in [1.807, 2.05) is 24.3 Å². The van der Waals surface area contributed by atoms with Gasteiger partial charge in [-0.2, -0.15) is 4.99 Å². The van der Waals surface area contributed by atoms with Crippen molar-refractivity contribution >= 4 is 23.4 Å². The lowest BCUT2D eigenvalue weighted by molar-refractivity contribution is -0.124. The maximum atomic E-state index is 12.6. The summed E-state index contributed by atoms with van der Waals surface area (Å²) in [6, 6.07) is 14.7. The van der Waals surface area contributed by atoms with E-state index in [4.69, 9.17) is 9.47 Å². The first kappa shape index (κ1) is 20.7. The van der Waals surface area contributed by atoms with E-state index < -0.39 is 17.9 Å². The number of carbonyl (C=O) groups is 2. The molecule has 0 radical (unpaired) electrons. The molecule has 1 atom stereocenters. The molecule has 0 aromatic heterocycles. The van der Waals surface area contributed by atoms with E-state index in [-0.39, 0.29) is 11.5 Å². The molecule has 160 valence electrons. The van der Waals surface area contributed by atoms with Crippen LogP contribution in [0.15, 0.2) is 58.5 Å². The quantitative estimate of drug-likeness (QED) is 0.673. The summed E-state index contributed by atoms with van der Waals surface area (Å²) in [7, 11) is 0. The summed E-state index contributed by atoms with van der Waals surface area (Å²) < 4.78 is 11.6. The highest BCUT2D eigenvalue weighted by molar-refractivity contribution is 6.47. The maximum absolute atomic E-state index is 12.6. The number of amides is 2. The Hall–Kier alpha value is -3.52. The Morgan fingerprint density at radius 2 is 1.65 bits per heavy atom. The van der Waals surface area contributed by atoms with Crippen LogP contribution in [-0.4, -0.2) is 54.3 Å². The van der Waals surface area contributed by atoms with Crippen LogP contribution in [0, 0.1) is 0 Å². The van der Waals surface area contributed by atoms with E-state index in [9.17, 15) is 14.7 Å². The van der Waals surface area contributed by atoms with Crippen molar-refractivity contribution in [3.05, 3.63) is 59.7 Å². The van der Waals surface area contributed by atoms with E-state index in [1.54, 1.807) is 24.3 Å². The van der Waals surface area contributed by atoms with Gasteiger partial charge in [-0.3, -0.25) is 9.59 Å². The van der Waals surface area contributed by atoms with Gasteiger partial charge in [-0.15, -0.1) is 0 Å². The Kier molecular flexibility index (Phi) is 6.37. The molecule has 8 heteroatoms. The number of nitrogens with one attached hydrogen (secondary N) is 1. The number of amidine groups is 1. The van der Waals surface area contributed by atoms with Gasteiger partial charge < -0.3 is 19.9 Å². The van der Waals surface area contributed by atoms with Crippen LogP contribution in [0.1, 0.15) is 24.0 Å². The van der Waals surface area contributed by atoms with Crippen LogP contribution in [0.5, 0.6) is 11.5 Å². The molecule has 0 saturated heterocycles. The minimum Gasteiger partial charge on any atom is -0.494 e. The van der Waals surface area contributed by atoms with Crippen molar-refractivity contribution in [3.8, 4) is 11.5 Å². The minimum atomic E-state index is -1.69. The maximum Gasteiger partial charge on any atom is 0.282 e. The molecule has 6 bridgehead atoms. The molecule has 31 heavy (non-hydrogen) atoms. The van der Waals surface area contributed by atoms with Crippen molar-refractivity contribution in [3.63, 3.8) is 0 Å². The SMILES string of the molecule is O=C1NCCc2cccc(c2)OCCCCOc2cccc(c2)C2=NC(=O)C(O)C1=N2. The lowest BCUT2D eigenvalue weighted by Crippen LogP contribution is -2.44. The predicted octanol–water partition coefficient (Wildman–Crippen LogP) is 1.69. The highest BCUT2D eigenvalue weighted by Crippen LogP contribution is 2.18. The van der Waals surface area contributed by atoms with Gasteiger partial charge in [-0.1, -0.05) is 24.3 Å². The minimum absolute atomic E-state index is 0.0740. The molecular formula is C23H23N3O5. The summed E-state index contributed by atoms with van der Waals surface area (Å²) in [5.41, 5.74) is 1.26. The average molecular weight is 421 g/mol. The van der Waals surface area contributed by atoms with Gasteiger partial charge in [0.1, 0.15) is 17.2 Å². The van der Waals surface area contributed by atoms with Crippen LogP contribution < -0.4 is 14.8 Å². The predicted molar refractivity (Wildman–Crippen MR) is 115 cm³/mol. The van der Waals surface area contributed by atoms with Gasteiger partial charge >= 0.3 is 0 Å². The number of carbonyl (C=O) groups excluding carboxylic acids is 2.